The van der Waals surface area contributed by atoms with Gasteiger partial charge in [-0.05, 0) is 0 Å². The molecular weight excluding hydrogens is 221 g/mol. The third-order valence-corrected chi connectivity index (χ3v) is 3.80. The Morgan fingerprint density at radius 1 is 1.33 bits per heavy atom. The van der Waals surface area contributed by atoms with Crippen LogP contribution in [-0.4, -0.2) is 23.4 Å². The van der Waals surface area contributed by atoms with Gasteiger partial charge in [0.1, 0.15) is 0 Å². The zero-order valence-electron chi connectivity index (χ0n) is 3.01. The average Bonchev–Trinajstić information content (AvgIpc) is 1.35. The van der Waals surface area contributed by atoms with Crippen LogP contribution in [0, 0.1) is 10.2 Å². The van der Waals surface area contributed by atoms with Crippen LogP contribution in [0.4, 0.5) is 0 Å². The predicted octanol–water partition coefficient (Wildman–Crippen LogP) is -5.09. The molecule has 0 bridgehead atoms. The van der Waals surface area contributed by atoms with E-state index in [1.54, 1.807) is 0 Å². The monoisotopic (exact) mass is 224 g/mol. The van der Waals surface area contributed by atoms with Crippen LogP contribution in [0.3, 0.4) is 0 Å². The first-order valence-electron chi connectivity index (χ1n) is 1.03. The molecule has 0 N–H and O–H groups in total. The Labute approximate surface area is 50.5 Å². The van der Waals surface area contributed by atoms with Gasteiger partial charge in [-0.2, -0.15) is 0 Å². The average molecular weight is 225 g/mol. The number of hydrogen-bond donors (Lipinski definition) is 0. The Hall–Kier alpha value is 0.948. The molecular formula is H4ClO4Sb. The fourth-order valence-corrected chi connectivity index (χ4v) is 0. The maximum atomic E-state index is 9.25. The van der Waals surface area contributed by atoms with Crippen molar-refractivity contribution in [1.29, 1.82) is 0 Å². The first kappa shape index (κ1) is 6.95. The van der Waals surface area contributed by atoms with Crippen LogP contribution in [0.5, 0.6) is 0 Å². The summed E-state index contributed by atoms with van der Waals surface area (Å²) in [5.74, 6) is 0. The van der Waals surface area contributed by atoms with E-state index in [4.69, 9.17) is 0 Å². The summed E-state index contributed by atoms with van der Waals surface area (Å²) in [7, 11) is -4.08. The molecule has 0 saturated carbocycles. The van der Waals surface area contributed by atoms with Gasteiger partial charge in [0.05, 0.1) is 0 Å². The van der Waals surface area contributed by atoms with Crippen LogP contribution in [0.15, 0.2) is 0 Å². The van der Waals surface area contributed by atoms with Gasteiger partial charge < -0.3 is 0 Å². The van der Waals surface area contributed by atoms with Gasteiger partial charge in [0.2, 0.25) is 0 Å². The molecule has 0 fully saturated rings. The van der Waals surface area contributed by atoms with Gasteiger partial charge in [-0.15, -0.1) is 0 Å². The summed E-state index contributed by atoms with van der Waals surface area (Å²) in [6, 6.07) is 0. The van der Waals surface area contributed by atoms with Crippen molar-refractivity contribution in [3.63, 3.8) is 0 Å². The Balaban J connectivity index is 3.17. The van der Waals surface area contributed by atoms with Crippen LogP contribution in [-0.2, 0) is 2.57 Å². The second-order valence-electron chi connectivity index (χ2n) is 0.532. The van der Waals surface area contributed by atoms with Gasteiger partial charge >= 0.3 is 50.2 Å². The molecule has 0 aliphatic heterocycles. The molecule has 0 aromatic heterocycles. The number of rotatable bonds is 1. The summed E-state index contributed by atoms with van der Waals surface area (Å²) < 4.78 is 31.3. The topological polar surface area (TPSA) is 78.4 Å². The Morgan fingerprint density at radius 3 is 1.50 bits per heavy atom. The summed E-state index contributed by atoms with van der Waals surface area (Å²) in [5, 5.41) is 0. The molecule has 0 spiro atoms. The Kier molecular flexibility index (Phi) is 2.67. The summed E-state index contributed by atoms with van der Waals surface area (Å²) in [4.78, 5) is 0. The van der Waals surface area contributed by atoms with Crippen molar-refractivity contribution in [2.24, 2.45) is 0 Å². The molecule has 0 amide bonds. The van der Waals surface area contributed by atoms with Gasteiger partial charge in [0, 0.05) is 0 Å². The van der Waals surface area contributed by atoms with Crippen LogP contribution >= 0.6 is 0 Å². The van der Waals surface area contributed by atoms with E-state index in [1.807, 2.05) is 0 Å². The molecule has 4 nitrogen and oxygen atoms in total. The molecule has 0 heterocycles. The normalized spacial score (nSPS) is 12.2. The molecule has 0 unspecified atom stereocenters. The van der Waals surface area contributed by atoms with E-state index < -0.39 is 33.7 Å². The van der Waals surface area contributed by atoms with Gasteiger partial charge in [-0.3, -0.25) is 0 Å². The van der Waals surface area contributed by atoms with E-state index in [1.165, 1.54) is 0 Å². The van der Waals surface area contributed by atoms with Gasteiger partial charge in [0.15, 0.2) is 0 Å². The summed E-state index contributed by atoms with van der Waals surface area (Å²) in [6.07, 6.45) is 0. The standard InChI is InChI=1S/ClHO4.Sb.4H/c2-1(3,4)5;;;;;/h(H,2,3,4,5);;;;;/q;+1;;;;/p-1. The van der Waals surface area contributed by atoms with Crippen molar-refractivity contribution in [3.8, 4) is 0 Å². The zero-order valence-corrected chi connectivity index (χ0v) is 9.48. The zero-order chi connectivity index (χ0) is 5.21. The van der Waals surface area contributed by atoms with Crippen LogP contribution in [0.2, 0.25) is 0 Å². The van der Waals surface area contributed by atoms with E-state index in [2.05, 4.69) is 2.57 Å². The van der Waals surface area contributed by atoms with E-state index in [0.29, 0.717) is 0 Å². The number of halogens is 1. The van der Waals surface area contributed by atoms with Gasteiger partial charge in [-0.1, -0.05) is 0 Å². The molecule has 6 heavy (non-hydrogen) atoms. The van der Waals surface area contributed by atoms with Crippen molar-refractivity contribution < 1.29 is 26.8 Å². The summed E-state index contributed by atoms with van der Waals surface area (Å²) in [5.41, 5.74) is 0. The summed E-state index contributed by atoms with van der Waals surface area (Å²) >= 11 is -0.505. The maximum absolute atomic E-state index is 9.25. The fourth-order valence-electron chi connectivity index (χ4n) is 0. The number of hydrogen-bond acceptors (Lipinski definition) is 4. The first-order valence-corrected chi connectivity index (χ1v) is 4.59. The second kappa shape index (κ2) is 2.31. The second-order valence-corrected chi connectivity index (χ2v) is 4.24. The van der Waals surface area contributed by atoms with E-state index in [9.17, 15) is 14.0 Å². The van der Waals surface area contributed by atoms with Crippen molar-refractivity contribution >= 4 is 23.4 Å². The van der Waals surface area contributed by atoms with Crippen molar-refractivity contribution in [1.82, 2.24) is 0 Å². The molecule has 0 radical (unpaired) electrons. The van der Waals surface area contributed by atoms with Crippen LogP contribution in [0.25, 0.3) is 0 Å². The summed E-state index contributed by atoms with van der Waals surface area (Å²) in [6.45, 7) is 0. The molecule has 0 aliphatic carbocycles. The molecule has 0 aliphatic rings. The van der Waals surface area contributed by atoms with E-state index >= 15 is 0 Å². The third kappa shape index (κ3) is 4.95. The van der Waals surface area contributed by atoms with Crippen molar-refractivity contribution in [3.05, 3.63) is 0 Å². The van der Waals surface area contributed by atoms with Gasteiger partial charge in [0.25, 0.3) is 0 Å². The van der Waals surface area contributed by atoms with Crippen molar-refractivity contribution in [2.45, 2.75) is 0 Å². The van der Waals surface area contributed by atoms with Crippen LogP contribution in [0.1, 0.15) is 0 Å². The third-order valence-electron chi connectivity index (χ3n) is 0.189. The SMILES string of the molecule is [O-][Cl+3]([O-])([O-])[O][SbH4]. The van der Waals surface area contributed by atoms with Crippen LogP contribution < -0.4 is 14.0 Å². The minimum atomic E-state index is -4.08. The predicted molar refractivity (Wildman–Crippen MR) is 12.4 cm³/mol. The Bertz CT molecular complexity index is 37.3. The molecule has 6 heteroatoms. The molecule has 0 rings (SSSR count). The van der Waals surface area contributed by atoms with E-state index in [0.717, 1.165) is 0 Å². The van der Waals surface area contributed by atoms with E-state index in [-0.39, 0.29) is 0 Å². The molecule has 0 saturated heterocycles. The first-order chi connectivity index (χ1) is 2.56. The Morgan fingerprint density at radius 2 is 1.50 bits per heavy atom. The quantitative estimate of drug-likeness (QED) is 0.418. The molecule has 0 aromatic rings. The molecule has 0 atom stereocenters. The van der Waals surface area contributed by atoms with Gasteiger partial charge in [-0.25, -0.2) is 0 Å². The molecule has 0 aromatic carbocycles. The fraction of sp³-hybridized carbons (Fsp3) is 0. The minimum absolute atomic E-state index is 0.505. The molecule has 40 valence electrons. The van der Waals surface area contributed by atoms with Crippen molar-refractivity contribution in [2.75, 3.05) is 0 Å².